The van der Waals surface area contributed by atoms with Gasteiger partial charge in [0.15, 0.2) is 11.6 Å². The fourth-order valence-corrected chi connectivity index (χ4v) is 4.90. The number of aliphatic hydroxyl groups excluding tert-OH is 1. The first kappa shape index (κ1) is 21.8. The molecule has 1 aromatic rings. The van der Waals surface area contributed by atoms with Crippen LogP contribution in [-0.2, 0) is 9.59 Å². The van der Waals surface area contributed by atoms with Crippen molar-refractivity contribution in [3.63, 3.8) is 0 Å². The third-order valence-corrected chi connectivity index (χ3v) is 6.78. The van der Waals surface area contributed by atoms with Crippen molar-refractivity contribution in [3.8, 4) is 0 Å². The van der Waals surface area contributed by atoms with E-state index >= 15 is 0 Å². The molecule has 1 unspecified atom stereocenters. The molecule has 9 heteroatoms. The van der Waals surface area contributed by atoms with Crippen LogP contribution in [0.5, 0.6) is 0 Å². The van der Waals surface area contributed by atoms with Crippen LogP contribution in [0.25, 0.3) is 0 Å². The van der Waals surface area contributed by atoms with Crippen LogP contribution >= 0.6 is 0 Å². The lowest BCUT2D eigenvalue weighted by Gasteiger charge is -2.32. The molecule has 0 aromatic carbocycles. The quantitative estimate of drug-likeness (QED) is 0.588. The van der Waals surface area contributed by atoms with Crippen molar-refractivity contribution < 1.29 is 14.7 Å². The van der Waals surface area contributed by atoms with E-state index in [0.717, 1.165) is 82.9 Å². The van der Waals surface area contributed by atoms with Gasteiger partial charge in [-0.3, -0.25) is 9.59 Å². The predicted octanol–water partition coefficient (Wildman–Crippen LogP) is 0.783. The molecule has 3 aliphatic heterocycles. The summed E-state index contributed by atoms with van der Waals surface area (Å²) in [6.45, 7) is 4.86. The molecule has 31 heavy (non-hydrogen) atoms. The van der Waals surface area contributed by atoms with Crippen LogP contribution in [0.15, 0.2) is 12.1 Å². The molecule has 0 saturated carbocycles. The van der Waals surface area contributed by atoms with E-state index in [-0.39, 0.29) is 30.4 Å². The molecule has 4 heterocycles. The average molecular weight is 431 g/mol. The number of rotatable bonds is 8. The number of nitrogens with zero attached hydrogens (tertiary/aromatic N) is 5. The van der Waals surface area contributed by atoms with Crippen LogP contribution in [-0.4, -0.2) is 83.9 Å². The van der Waals surface area contributed by atoms with Crippen molar-refractivity contribution in [1.82, 2.24) is 20.4 Å². The highest BCUT2D eigenvalue weighted by atomic mass is 16.3. The van der Waals surface area contributed by atoms with Gasteiger partial charge in [0.25, 0.3) is 0 Å². The van der Waals surface area contributed by atoms with E-state index in [1.165, 1.54) is 0 Å². The van der Waals surface area contributed by atoms with Gasteiger partial charge < -0.3 is 25.1 Å². The molecule has 0 aliphatic carbocycles. The first-order valence-electron chi connectivity index (χ1n) is 11.7. The van der Waals surface area contributed by atoms with E-state index in [4.69, 9.17) is 0 Å². The Morgan fingerprint density at radius 3 is 2.52 bits per heavy atom. The Morgan fingerprint density at radius 2 is 1.84 bits per heavy atom. The van der Waals surface area contributed by atoms with Crippen LogP contribution < -0.4 is 15.1 Å². The van der Waals surface area contributed by atoms with Gasteiger partial charge in [-0.25, -0.2) is 0 Å². The van der Waals surface area contributed by atoms with Gasteiger partial charge in [0.05, 0.1) is 12.6 Å². The third kappa shape index (κ3) is 5.26. The Hall–Kier alpha value is -2.42. The van der Waals surface area contributed by atoms with Crippen LogP contribution in [0.1, 0.15) is 44.9 Å². The zero-order chi connectivity index (χ0) is 21.6. The number of hydrogen-bond acceptors (Lipinski definition) is 7. The highest BCUT2D eigenvalue weighted by Crippen LogP contribution is 2.26. The standard InChI is InChI=1S/C22H34N6O3/c29-16-18-4-1-13-28(18)20-7-6-19(24-25-20)26-14-8-17(9-15-26)22(31)23-10-3-12-27-11-2-5-21(27)30/h6-7,17-18,29H,1-5,8-16H2,(H,23,31). The summed E-state index contributed by atoms with van der Waals surface area (Å²) >= 11 is 0. The van der Waals surface area contributed by atoms with Crippen LogP contribution in [0.2, 0.25) is 0 Å². The Balaban J connectivity index is 1.18. The van der Waals surface area contributed by atoms with E-state index in [2.05, 4.69) is 25.3 Å². The Morgan fingerprint density at radius 1 is 1.06 bits per heavy atom. The topological polar surface area (TPSA) is 102 Å². The van der Waals surface area contributed by atoms with Crippen molar-refractivity contribution in [3.05, 3.63) is 12.1 Å². The van der Waals surface area contributed by atoms with Gasteiger partial charge in [0.1, 0.15) is 0 Å². The number of carbonyl (C=O) groups is 2. The van der Waals surface area contributed by atoms with E-state index in [0.29, 0.717) is 13.0 Å². The number of hydrogen-bond donors (Lipinski definition) is 2. The van der Waals surface area contributed by atoms with Gasteiger partial charge >= 0.3 is 0 Å². The van der Waals surface area contributed by atoms with Crippen molar-refractivity contribution in [1.29, 1.82) is 0 Å². The molecule has 170 valence electrons. The Labute approximate surface area is 183 Å². The molecule has 1 aromatic heterocycles. The summed E-state index contributed by atoms with van der Waals surface area (Å²) in [4.78, 5) is 30.3. The maximum atomic E-state index is 12.5. The predicted molar refractivity (Wildman–Crippen MR) is 118 cm³/mol. The molecule has 0 spiro atoms. The SMILES string of the molecule is O=C(NCCCN1CCCC1=O)C1CCN(c2ccc(N3CCCC3CO)nn2)CC1. The fourth-order valence-electron chi connectivity index (χ4n) is 4.90. The lowest BCUT2D eigenvalue weighted by atomic mass is 9.96. The van der Waals surface area contributed by atoms with Gasteiger partial charge in [0.2, 0.25) is 11.8 Å². The lowest BCUT2D eigenvalue weighted by Crippen LogP contribution is -2.41. The van der Waals surface area contributed by atoms with Gasteiger partial charge in [0, 0.05) is 51.6 Å². The molecular weight excluding hydrogens is 396 g/mol. The minimum atomic E-state index is 0.0341. The summed E-state index contributed by atoms with van der Waals surface area (Å²) in [6.07, 6.45) is 6.11. The molecule has 2 N–H and O–H groups in total. The highest BCUT2D eigenvalue weighted by molar-refractivity contribution is 5.79. The fraction of sp³-hybridized carbons (Fsp3) is 0.727. The number of aliphatic hydroxyl groups is 1. The second kappa shape index (κ2) is 10.3. The zero-order valence-corrected chi connectivity index (χ0v) is 18.2. The van der Waals surface area contributed by atoms with Crippen molar-refractivity contribution in [2.75, 3.05) is 55.7 Å². The average Bonchev–Trinajstić information content (AvgIpc) is 3.45. The van der Waals surface area contributed by atoms with Crippen LogP contribution in [0.3, 0.4) is 0 Å². The maximum absolute atomic E-state index is 12.5. The number of anilines is 2. The number of carbonyl (C=O) groups excluding carboxylic acids is 2. The van der Waals surface area contributed by atoms with Crippen molar-refractivity contribution >= 4 is 23.5 Å². The van der Waals surface area contributed by atoms with Crippen LogP contribution in [0.4, 0.5) is 11.6 Å². The molecule has 2 amide bonds. The van der Waals surface area contributed by atoms with Gasteiger partial charge in [-0.15, -0.1) is 10.2 Å². The van der Waals surface area contributed by atoms with Crippen LogP contribution in [0, 0.1) is 5.92 Å². The van der Waals surface area contributed by atoms with Crippen molar-refractivity contribution in [2.45, 2.75) is 51.0 Å². The normalized spacial score (nSPS) is 22.4. The molecule has 3 aliphatic rings. The monoisotopic (exact) mass is 430 g/mol. The number of piperidine rings is 1. The second-order valence-corrected chi connectivity index (χ2v) is 8.81. The molecule has 1 atom stereocenters. The second-order valence-electron chi connectivity index (χ2n) is 8.81. The van der Waals surface area contributed by atoms with Gasteiger partial charge in [-0.2, -0.15) is 0 Å². The molecule has 0 bridgehead atoms. The largest absolute Gasteiger partial charge is 0.394 e. The molecule has 3 fully saturated rings. The molecule has 4 rings (SSSR count). The summed E-state index contributed by atoms with van der Waals surface area (Å²) in [5, 5.41) is 21.4. The zero-order valence-electron chi connectivity index (χ0n) is 18.2. The van der Waals surface area contributed by atoms with Gasteiger partial charge in [-0.1, -0.05) is 0 Å². The summed E-state index contributed by atoms with van der Waals surface area (Å²) in [6, 6.07) is 4.13. The van der Waals surface area contributed by atoms with E-state index in [1.54, 1.807) is 0 Å². The third-order valence-electron chi connectivity index (χ3n) is 6.78. The highest BCUT2D eigenvalue weighted by Gasteiger charge is 2.27. The maximum Gasteiger partial charge on any atom is 0.223 e. The number of likely N-dealkylation sites (tertiary alicyclic amines) is 1. The lowest BCUT2D eigenvalue weighted by molar-refractivity contribution is -0.127. The van der Waals surface area contributed by atoms with E-state index in [9.17, 15) is 14.7 Å². The minimum Gasteiger partial charge on any atom is -0.394 e. The molecule has 0 radical (unpaired) electrons. The number of aromatic nitrogens is 2. The summed E-state index contributed by atoms with van der Waals surface area (Å²) < 4.78 is 0. The van der Waals surface area contributed by atoms with E-state index < -0.39 is 0 Å². The molecule has 3 saturated heterocycles. The molecule has 9 nitrogen and oxygen atoms in total. The minimum absolute atomic E-state index is 0.0341. The number of amides is 2. The summed E-state index contributed by atoms with van der Waals surface area (Å²) in [7, 11) is 0. The smallest absolute Gasteiger partial charge is 0.223 e. The van der Waals surface area contributed by atoms with Crippen molar-refractivity contribution in [2.24, 2.45) is 5.92 Å². The summed E-state index contributed by atoms with van der Waals surface area (Å²) in [5.74, 6) is 2.07. The first-order valence-corrected chi connectivity index (χ1v) is 11.7. The number of nitrogens with one attached hydrogen (secondary N) is 1. The Kier molecular flexibility index (Phi) is 7.21. The Bertz CT molecular complexity index is 750. The molecular formula is C22H34N6O3. The first-order chi connectivity index (χ1) is 15.2. The van der Waals surface area contributed by atoms with Gasteiger partial charge in [-0.05, 0) is 50.7 Å². The summed E-state index contributed by atoms with van der Waals surface area (Å²) in [5.41, 5.74) is 0. The van der Waals surface area contributed by atoms with E-state index in [1.807, 2.05) is 17.0 Å².